The summed E-state index contributed by atoms with van der Waals surface area (Å²) in [6.07, 6.45) is 4.89. The van der Waals surface area contributed by atoms with Crippen LogP contribution in [0.5, 0.6) is 0 Å². The third kappa shape index (κ3) is 6.55. The van der Waals surface area contributed by atoms with Gasteiger partial charge in [0.2, 0.25) is 0 Å². The average molecular weight is 293 g/mol. The van der Waals surface area contributed by atoms with Gasteiger partial charge in [0.25, 0.3) is 0 Å². The molecule has 0 radical (unpaired) electrons. The third-order valence-electron chi connectivity index (χ3n) is 3.97. The molecule has 1 fully saturated rings. The minimum atomic E-state index is 0.252. The van der Waals surface area contributed by atoms with Crippen molar-refractivity contribution in [2.45, 2.75) is 27.2 Å². The Morgan fingerprint density at radius 1 is 1.24 bits per heavy atom. The van der Waals surface area contributed by atoms with Gasteiger partial charge in [-0.25, -0.2) is 0 Å². The molecule has 0 spiro atoms. The van der Waals surface area contributed by atoms with Gasteiger partial charge in [-0.1, -0.05) is 33.4 Å². The van der Waals surface area contributed by atoms with Gasteiger partial charge in [-0.15, -0.1) is 0 Å². The second-order valence-electron chi connectivity index (χ2n) is 5.88. The lowest BCUT2D eigenvalue weighted by Crippen LogP contribution is -2.47. The van der Waals surface area contributed by atoms with Crippen molar-refractivity contribution in [2.75, 3.05) is 45.9 Å². The SMILES string of the molecule is C=C/C(=C\N=C(CC)C(C)C)CN1CCN(CCO)CC1. The Balaban J connectivity index is 2.53. The van der Waals surface area contributed by atoms with Gasteiger partial charge in [0.05, 0.1) is 6.61 Å². The van der Waals surface area contributed by atoms with Crippen molar-refractivity contribution < 1.29 is 5.11 Å². The molecule has 0 amide bonds. The largest absolute Gasteiger partial charge is 0.395 e. The van der Waals surface area contributed by atoms with Crippen LogP contribution in [0, 0.1) is 5.92 Å². The molecule has 0 unspecified atom stereocenters. The summed E-state index contributed by atoms with van der Waals surface area (Å²) < 4.78 is 0. The smallest absolute Gasteiger partial charge is 0.0558 e. The monoisotopic (exact) mass is 293 g/mol. The fraction of sp³-hybridized carbons (Fsp3) is 0.706. The van der Waals surface area contributed by atoms with E-state index in [0.29, 0.717) is 5.92 Å². The van der Waals surface area contributed by atoms with Crippen molar-refractivity contribution >= 4 is 5.71 Å². The van der Waals surface area contributed by atoms with Crippen LogP contribution in [0.2, 0.25) is 0 Å². The molecular weight excluding hydrogens is 262 g/mol. The van der Waals surface area contributed by atoms with Gasteiger partial charge < -0.3 is 5.11 Å². The normalized spacial score (nSPS) is 19.3. The van der Waals surface area contributed by atoms with E-state index in [1.165, 1.54) is 11.3 Å². The number of piperazine rings is 1. The van der Waals surface area contributed by atoms with Gasteiger partial charge in [-0.2, -0.15) is 0 Å². The second kappa shape index (κ2) is 9.87. The summed E-state index contributed by atoms with van der Waals surface area (Å²) in [5.74, 6) is 0.499. The molecule has 120 valence electrons. The molecule has 1 saturated heterocycles. The minimum Gasteiger partial charge on any atom is -0.395 e. The Bertz CT molecular complexity index is 366. The highest BCUT2D eigenvalue weighted by Crippen LogP contribution is 2.08. The molecule has 1 rings (SSSR count). The van der Waals surface area contributed by atoms with Crippen LogP contribution in [0.4, 0.5) is 0 Å². The lowest BCUT2D eigenvalue weighted by molar-refractivity contribution is 0.119. The molecule has 1 heterocycles. The van der Waals surface area contributed by atoms with Gasteiger partial charge in [-0.05, 0) is 17.9 Å². The summed E-state index contributed by atoms with van der Waals surface area (Å²) in [7, 11) is 0. The number of hydrogen-bond acceptors (Lipinski definition) is 4. The summed E-state index contributed by atoms with van der Waals surface area (Å²) >= 11 is 0. The van der Waals surface area contributed by atoms with Crippen molar-refractivity contribution in [3.8, 4) is 0 Å². The molecule has 0 saturated carbocycles. The molecule has 1 aliphatic rings. The van der Waals surface area contributed by atoms with Crippen LogP contribution in [0.25, 0.3) is 0 Å². The second-order valence-corrected chi connectivity index (χ2v) is 5.88. The van der Waals surface area contributed by atoms with E-state index in [0.717, 1.165) is 45.7 Å². The number of aliphatic hydroxyl groups is 1. The van der Waals surface area contributed by atoms with Gasteiger partial charge in [0.1, 0.15) is 0 Å². The van der Waals surface area contributed by atoms with Gasteiger partial charge in [0, 0.05) is 51.2 Å². The maximum Gasteiger partial charge on any atom is 0.0558 e. The molecule has 4 heteroatoms. The van der Waals surface area contributed by atoms with Crippen molar-refractivity contribution in [1.29, 1.82) is 0 Å². The maximum atomic E-state index is 8.97. The third-order valence-corrected chi connectivity index (χ3v) is 3.97. The Morgan fingerprint density at radius 3 is 2.33 bits per heavy atom. The number of nitrogens with zero attached hydrogens (tertiary/aromatic N) is 3. The number of aliphatic imine (C=N–C) groups is 1. The molecule has 0 bridgehead atoms. The van der Waals surface area contributed by atoms with Crippen LogP contribution in [0.1, 0.15) is 27.2 Å². The molecule has 1 N–H and O–H groups in total. The lowest BCUT2D eigenvalue weighted by Gasteiger charge is -2.34. The summed E-state index contributed by atoms with van der Waals surface area (Å²) in [5.41, 5.74) is 2.42. The first-order valence-electron chi connectivity index (χ1n) is 8.04. The lowest BCUT2D eigenvalue weighted by atomic mass is 10.1. The first-order chi connectivity index (χ1) is 10.1. The summed E-state index contributed by atoms with van der Waals surface area (Å²) in [6, 6.07) is 0. The average Bonchev–Trinajstić information content (AvgIpc) is 2.48. The number of hydrogen-bond donors (Lipinski definition) is 1. The van der Waals surface area contributed by atoms with E-state index in [1.54, 1.807) is 0 Å². The molecular formula is C17H31N3O. The van der Waals surface area contributed by atoms with Crippen LogP contribution in [0.15, 0.2) is 29.4 Å². The zero-order chi connectivity index (χ0) is 15.7. The van der Waals surface area contributed by atoms with E-state index in [-0.39, 0.29) is 6.61 Å². The van der Waals surface area contributed by atoms with Gasteiger partial charge in [0.15, 0.2) is 0 Å². The maximum absolute atomic E-state index is 8.97. The Kier molecular flexibility index (Phi) is 8.50. The highest BCUT2D eigenvalue weighted by Gasteiger charge is 2.16. The van der Waals surface area contributed by atoms with Crippen LogP contribution >= 0.6 is 0 Å². The molecule has 0 aliphatic carbocycles. The van der Waals surface area contributed by atoms with Gasteiger partial charge >= 0.3 is 0 Å². The molecule has 0 aromatic rings. The molecule has 0 atom stereocenters. The number of β-amino-alcohol motifs (C(OH)–C–C–N with tert-alkyl or cyclic N) is 1. The number of rotatable bonds is 8. The summed E-state index contributed by atoms with van der Waals surface area (Å²) in [6.45, 7) is 16.5. The van der Waals surface area contributed by atoms with Crippen molar-refractivity contribution in [3.63, 3.8) is 0 Å². The predicted octanol–water partition coefficient (Wildman–Crippen LogP) is 2.17. The minimum absolute atomic E-state index is 0.252. The predicted molar refractivity (Wildman–Crippen MR) is 90.8 cm³/mol. The van der Waals surface area contributed by atoms with Crippen LogP contribution < -0.4 is 0 Å². The topological polar surface area (TPSA) is 39.1 Å². The highest BCUT2D eigenvalue weighted by atomic mass is 16.3. The van der Waals surface area contributed by atoms with E-state index in [9.17, 15) is 0 Å². The fourth-order valence-corrected chi connectivity index (χ4v) is 2.54. The van der Waals surface area contributed by atoms with E-state index >= 15 is 0 Å². The van der Waals surface area contributed by atoms with Crippen LogP contribution in [0.3, 0.4) is 0 Å². The van der Waals surface area contributed by atoms with Crippen molar-refractivity contribution in [2.24, 2.45) is 10.9 Å². The van der Waals surface area contributed by atoms with Crippen LogP contribution in [-0.4, -0.2) is 66.5 Å². The molecule has 0 aromatic carbocycles. The van der Waals surface area contributed by atoms with E-state index in [4.69, 9.17) is 5.11 Å². The molecule has 21 heavy (non-hydrogen) atoms. The summed E-state index contributed by atoms with van der Waals surface area (Å²) in [4.78, 5) is 9.37. The standard InChI is InChI=1S/C17H31N3O/c1-5-16(13-18-17(6-2)15(3)4)14-20-9-7-19(8-10-20)11-12-21/h5,13,15,21H,1,6-12,14H2,2-4H3/b16-13+,18-17?. The Morgan fingerprint density at radius 2 is 1.86 bits per heavy atom. The Labute approximate surface area is 129 Å². The van der Waals surface area contributed by atoms with E-state index in [1.807, 2.05) is 12.3 Å². The molecule has 1 aliphatic heterocycles. The van der Waals surface area contributed by atoms with Gasteiger partial charge in [-0.3, -0.25) is 14.8 Å². The quantitative estimate of drug-likeness (QED) is 0.551. The zero-order valence-electron chi connectivity index (χ0n) is 13.9. The zero-order valence-corrected chi connectivity index (χ0v) is 13.9. The van der Waals surface area contributed by atoms with E-state index < -0.39 is 0 Å². The first kappa shape index (κ1) is 18.1. The van der Waals surface area contributed by atoms with Crippen molar-refractivity contribution in [1.82, 2.24) is 9.80 Å². The fourth-order valence-electron chi connectivity index (χ4n) is 2.54. The number of aliphatic hydroxyl groups excluding tert-OH is 1. The molecule has 4 nitrogen and oxygen atoms in total. The van der Waals surface area contributed by atoms with E-state index in [2.05, 4.69) is 42.1 Å². The van der Waals surface area contributed by atoms with Crippen molar-refractivity contribution in [3.05, 3.63) is 24.4 Å². The summed E-state index contributed by atoms with van der Waals surface area (Å²) in [5, 5.41) is 8.97. The highest BCUT2D eigenvalue weighted by molar-refractivity contribution is 5.86. The van der Waals surface area contributed by atoms with Crippen LogP contribution in [-0.2, 0) is 0 Å². The first-order valence-corrected chi connectivity index (χ1v) is 8.04. The Hall–Kier alpha value is -0.970. The molecule has 0 aromatic heterocycles.